The van der Waals surface area contributed by atoms with E-state index in [1.165, 1.54) is 7.05 Å². The van der Waals surface area contributed by atoms with Crippen LogP contribution >= 0.6 is 0 Å². The molecule has 0 aromatic heterocycles. The first kappa shape index (κ1) is 8.82. The van der Waals surface area contributed by atoms with E-state index in [1.807, 2.05) is 6.54 Å². The average molecular weight is 180 g/mol. The van der Waals surface area contributed by atoms with Crippen molar-refractivity contribution in [3.8, 4) is 0 Å². The molecule has 0 fully saturated rings. The maximum Gasteiger partial charge on any atom is 0.574 e. The first-order valence-electron chi connectivity index (χ1n) is 2.77. The van der Waals surface area contributed by atoms with Crippen LogP contribution in [0.5, 0.6) is 0 Å². The van der Waals surface area contributed by atoms with Crippen molar-refractivity contribution in [1.82, 2.24) is 4.90 Å². The molecule has 1 aliphatic rings. The fourth-order valence-electron chi connectivity index (χ4n) is 0.533. The molecule has 0 N–H and O–H groups in total. The van der Waals surface area contributed by atoms with Gasteiger partial charge in [-0.1, -0.05) is 0 Å². The number of hydrogen-bond donors (Lipinski definition) is 0. The molecule has 12 heavy (non-hydrogen) atoms. The fourth-order valence-corrected chi connectivity index (χ4v) is 0.533. The lowest BCUT2D eigenvalue weighted by atomic mass is 10.6. The molecule has 0 aromatic carbocycles. The van der Waals surface area contributed by atoms with Crippen LogP contribution in [0.4, 0.5) is 18.0 Å². The van der Waals surface area contributed by atoms with Gasteiger partial charge in [0.25, 0.3) is 0 Å². The second-order valence-electron chi connectivity index (χ2n) is 1.92. The van der Waals surface area contributed by atoms with Gasteiger partial charge in [-0.05, 0) is 0 Å². The van der Waals surface area contributed by atoms with Gasteiger partial charge in [-0.3, -0.25) is 0 Å². The van der Waals surface area contributed by atoms with Crippen LogP contribution in [-0.2, 0) is 4.74 Å². The Kier molecular flexibility index (Phi) is 1.95. The molecule has 66 valence electrons. The molecule has 0 spiro atoms. The summed E-state index contributed by atoms with van der Waals surface area (Å²) in [5, 5.41) is 0. The van der Waals surface area contributed by atoms with Crippen molar-refractivity contribution in [1.29, 1.82) is 0 Å². The van der Waals surface area contributed by atoms with Gasteiger partial charge < -0.3 is 9.64 Å². The number of urea groups is 1. The molecule has 0 unspecified atom stereocenters. The molecule has 4 nitrogen and oxygen atoms in total. The Bertz CT molecular complexity index is 235. The molecule has 7 heteroatoms. The van der Waals surface area contributed by atoms with Crippen molar-refractivity contribution >= 4 is 11.9 Å². The van der Waals surface area contributed by atoms with Crippen LogP contribution in [0, 0.1) is 6.54 Å². The molecular formula is C5H3F3N2O2. The van der Waals surface area contributed by atoms with Gasteiger partial charge in [0.1, 0.15) is 0 Å². The van der Waals surface area contributed by atoms with Gasteiger partial charge in [0, 0.05) is 7.05 Å². The average Bonchev–Trinajstić information content (AvgIpc) is 2.07. The normalized spacial score (nSPS) is 18.2. The zero-order valence-corrected chi connectivity index (χ0v) is 5.84. The van der Waals surface area contributed by atoms with Crippen molar-refractivity contribution < 1.29 is 22.7 Å². The van der Waals surface area contributed by atoms with Crippen molar-refractivity contribution in [2.75, 3.05) is 7.05 Å². The largest absolute Gasteiger partial charge is 0.574 e. The van der Waals surface area contributed by atoms with E-state index in [0.717, 1.165) is 4.90 Å². The molecule has 2 radical (unpaired) electrons. The SMILES string of the molecule is CN1[C]C(OC(F)(F)F)=NC1=O. The number of carbonyl (C=O) groups is 1. The lowest BCUT2D eigenvalue weighted by Gasteiger charge is -2.07. The van der Waals surface area contributed by atoms with E-state index in [1.54, 1.807) is 0 Å². The van der Waals surface area contributed by atoms with Gasteiger partial charge >= 0.3 is 12.4 Å². The highest BCUT2D eigenvalue weighted by Gasteiger charge is 2.36. The number of ether oxygens (including phenoxy) is 1. The molecule has 2 amide bonds. The monoisotopic (exact) mass is 180 g/mol. The lowest BCUT2D eigenvalue weighted by molar-refractivity contribution is -0.283. The summed E-state index contributed by atoms with van der Waals surface area (Å²) in [5.41, 5.74) is 0. The Morgan fingerprint density at radius 3 is 2.50 bits per heavy atom. The summed E-state index contributed by atoms with van der Waals surface area (Å²) in [7, 11) is 1.22. The standard InChI is InChI=1S/C5H3F3N2O2/c1-10-2-3(9-4(10)11)12-5(6,7)8/h1H3. The van der Waals surface area contributed by atoms with Crippen molar-refractivity contribution in [3.63, 3.8) is 0 Å². The maximum atomic E-state index is 11.5. The zero-order chi connectivity index (χ0) is 9.35. The minimum Gasteiger partial charge on any atom is -0.389 e. The van der Waals surface area contributed by atoms with Crippen molar-refractivity contribution in [2.45, 2.75) is 6.36 Å². The Balaban J connectivity index is 2.57. The molecule has 0 bridgehead atoms. The number of halogens is 3. The van der Waals surface area contributed by atoms with Gasteiger partial charge in [-0.2, -0.15) is 4.99 Å². The number of likely N-dealkylation sites (N-methyl/N-ethyl adjacent to an activating group) is 1. The van der Waals surface area contributed by atoms with Crippen molar-refractivity contribution in [2.24, 2.45) is 4.99 Å². The number of alkyl halides is 3. The molecular weight excluding hydrogens is 177 g/mol. The molecule has 1 rings (SSSR count). The number of aliphatic imine (C=N–C) groups is 1. The van der Waals surface area contributed by atoms with Crippen LogP contribution in [-0.4, -0.2) is 30.2 Å². The highest BCUT2D eigenvalue weighted by atomic mass is 19.4. The third-order valence-electron chi connectivity index (χ3n) is 0.960. The van der Waals surface area contributed by atoms with Crippen LogP contribution in [0.25, 0.3) is 0 Å². The van der Waals surface area contributed by atoms with E-state index in [-0.39, 0.29) is 0 Å². The number of nitrogens with zero attached hydrogens (tertiary/aromatic N) is 2. The van der Waals surface area contributed by atoms with E-state index >= 15 is 0 Å². The van der Waals surface area contributed by atoms with Crippen LogP contribution in [0.3, 0.4) is 0 Å². The highest BCUT2D eigenvalue weighted by molar-refractivity contribution is 6.02. The fraction of sp³-hybridized carbons (Fsp3) is 0.400. The Labute approximate surface area is 65.6 Å². The van der Waals surface area contributed by atoms with Gasteiger partial charge in [0.2, 0.25) is 5.90 Å². The lowest BCUT2D eigenvalue weighted by Crippen LogP contribution is -2.21. The second kappa shape index (κ2) is 2.65. The summed E-state index contributed by atoms with van der Waals surface area (Å²) >= 11 is 0. The van der Waals surface area contributed by atoms with Crippen LogP contribution in [0.1, 0.15) is 0 Å². The van der Waals surface area contributed by atoms with Crippen LogP contribution in [0.2, 0.25) is 0 Å². The van der Waals surface area contributed by atoms with Gasteiger partial charge in [-0.15, -0.1) is 13.2 Å². The summed E-state index contributed by atoms with van der Waals surface area (Å²) in [6, 6.07) is -0.839. The second-order valence-corrected chi connectivity index (χ2v) is 1.92. The summed E-state index contributed by atoms with van der Waals surface area (Å²) in [4.78, 5) is 14.2. The molecule has 1 aliphatic heterocycles. The Hall–Kier alpha value is -1.27. The van der Waals surface area contributed by atoms with E-state index < -0.39 is 18.3 Å². The summed E-state index contributed by atoms with van der Waals surface area (Å²) in [5.74, 6) is -0.866. The molecule has 0 aromatic rings. The number of rotatable bonds is 0. The summed E-state index contributed by atoms with van der Waals surface area (Å²) < 4.78 is 37.8. The first-order valence-corrected chi connectivity index (χ1v) is 2.77. The molecule has 0 saturated heterocycles. The minimum atomic E-state index is -4.84. The summed E-state index contributed by atoms with van der Waals surface area (Å²) in [6.07, 6.45) is -4.84. The molecule has 1 heterocycles. The quantitative estimate of drug-likeness (QED) is 0.558. The van der Waals surface area contributed by atoms with Gasteiger partial charge in [0.15, 0.2) is 6.54 Å². The van der Waals surface area contributed by atoms with E-state index in [9.17, 15) is 18.0 Å². The third kappa shape index (κ3) is 2.11. The van der Waals surface area contributed by atoms with Gasteiger partial charge in [-0.25, -0.2) is 4.79 Å². The predicted molar refractivity (Wildman–Crippen MR) is 31.0 cm³/mol. The molecule has 0 aliphatic carbocycles. The first-order chi connectivity index (χ1) is 5.38. The zero-order valence-electron chi connectivity index (χ0n) is 5.84. The number of hydrogen-bond acceptors (Lipinski definition) is 2. The van der Waals surface area contributed by atoms with Crippen molar-refractivity contribution in [3.05, 3.63) is 6.54 Å². The Morgan fingerprint density at radius 2 is 2.17 bits per heavy atom. The van der Waals surface area contributed by atoms with E-state index in [0.29, 0.717) is 0 Å². The summed E-state index contributed by atoms with van der Waals surface area (Å²) in [6.45, 7) is 1.95. The Morgan fingerprint density at radius 1 is 1.58 bits per heavy atom. The minimum absolute atomic E-state index is 0.765. The highest BCUT2D eigenvalue weighted by Crippen LogP contribution is 2.20. The molecule has 0 saturated carbocycles. The maximum absolute atomic E-state index is 11.5. The smallest absolute Gasteiger partial charge is 0.389 e. The van der Waals surface area contributed by atoms with Crippen LogP contribution in [0.15, 0.2) is 4.99 Å². The number of carbonyl (C=O) groups excluding carboxylic acids is 1. The van der Waals surface area contributed by atoms with Crippen LogP contribution < -0.4 is 0 Å². The van der Waals surface area contributed by atoms with Gasteiger partial charge in [0.05, 0.1) is 0 Å². The predicted octanol–water partition coefficient (Wildman–Crippen LogP) is 1.03. The van der Waals surface area contributed by atoms with E-state index in [4.69, 9.17) is 0 Å². The topological polar surface area (TPSA) is 41.9 Å². The number of amides is 2. The third-order valence-corrected chi connectivity index (χ3v) is 0.960. The van der Waals surface area contributed by atoms with E-state index in [2.05, 4.69) is 9.73 Å². The molecule has 0 atom stereocenters.